The molecule has 0 radical (unpaired) electrons. The molecule has 1 amide bonds. The SMILES string of the molecule is CCOc1cccc(N)c1C(=O)NC1CC1C. The molecule has 1 aromatic rings. The quantitative estimate of drug-likeness (QED) is 0.781. The second-order valence-electron chi connectivity index (χ2n) is 4.45. The topological polar surface area (TPSA) is 64.3 Å². The fraction of sp³-hybridized carbons (Fsp3) is 0.462. The zero-order valence-electron chi connectivity index (χ0n) is 10.2. The van der Waals surface area contributed by atoms with Crippen molar-refractivity contribution in [2.75, 3.05) is 12.3 Å². The van der Waals surface area contributed by atoms with Crippen molar-refractivity contribution in [2.24, 2.45) is 5.92 Å². The molecule has 3 N–H and O–H groups in total. The van der Waals surface area contributed by atoms with E-state index in [1.165, 1.54) is 0 Å². The number of nitrogens with two attached hydrogens (primary N) is 1. The van der Waals surface area contributed by atoms with Gasteiger partial charge in [0.05, 0.1) is 6.61 Å². The van der Waals surface area contributed by atoms with Crippen molar-refractivity contribution >= 4 is 11.6 Å². The van der Waals surface area contributed by atoms with E-state index < -0.39 is 0 Å². The van der Waals surface area contributed by atoms with Crippen molar-refractivity contribution in [2.45, 2.75) is 26.3 Å². The minimum absolute atomic E-state index is 0.138. The predicted octanol–water partition coefficient (Wildman–Crippen LogP) is 1.81. The number of hydrogen-bond donors (Lipinski definition) is 2. The van der Waals surface area contributed by atoms with Crippen molar-refractivity contribution in [1.29, 1.82) is 0 Å². The Morgan fingerprint density at radius 3 is 2.88 bits per heavy atom. The second kappa shape index (κ2) is 4.65. The molecule has 1 aromatic carbocycles. The smallest absolute Gasteiger partial charge is 0.257 e. The number of anilines is 1. The third kappa shape index (κ3) is 2.52. The number of rotatable bonds is 4. The highest BCUT2D eigenvalue weighted by molar-refractivity contribution is 6.02. The van der Waals surface area contributed by atoms with E-state index >= 15 is 0 Å². The van der Waals surface area contributed by atoms with Gasteiger partial charge in [0, 0.05) is 11.7 Å². The molecule has 0 bridgehead atoms. The van der Waals surface area contributed by atoms with Crippen LogP contribution in [0.5, 0.6) is 5.75 Å². The maximum absolute atomic E-state index is 12.1. The lowest BCUT2D eigenvalue weighted by atomic mass is 10.1. The first-order chi connectivity index (χ1) is 8.13. The molecule has 0 heterocycles. The third-order valence-corrected chi connectivity index (χ3v) is 3.01. The Balaban J connectivity index is 2.19. The largest absolute Gasteiger partial charge is 0.493 e. The molecule has 0 spiro atoms. The van der Waals surface area contributed by atoms with Crippen LogP contribution in [0.15, 0.2) is 18.2 Å². The molecule has 4 heteroatoms. The summed E-state index contributed by atoms with van der Waals surface area (Å²) in [5.41, 5.74) is 6.75. The summed E-state index contributed by atoms with van der Waals surface area (Å²) in [6, 6.07) is 5.56. The lowest BCUT2D eigenvalue weighted by Crippen LogP contribution is -2.27. The Hall–Kier alpha value is -1.71. The number of nitrogens with one attached hydrogen (secondary N) is 1. The Morgan fingerprint density at radius 1 is 1.59 bits per heavy atom. The number of nitrogen functional groups attached to an aromatic ring is 1. The molecule has 17 heavy (non-hydrogen) atoms. The normalized spacial score (nSPS) is 22.0. The molecule has 1 saturated carbocycles. The van der Waals surface area contributed by atoms with E-state index in [1.54, 1.807) is 18.2 Å². The van der Waals surface area contributed by atoms with Crippen molar-refractivity contribution in [3.05, 3.63) is 23.8 Å². The average Bonchev–Trinajstić information content (AvgIpc) is 2.94. The summed E-state index contributed by atoms with van der Waals surface area (Å²) in [7, 11) is 0. The monoisotopic (exact) mass is 234 g/mol. The molecule has 0 aliphatic heterocycles. The van der Waals surface area contributed by atoms with E-state index in [1.807, 2.05) is 6.92 Å². The molecule has 4 nitrogen and oxygen atoms in total. The summed E-state index contributed by atoms with van der Waals surface area (Å²) >= 11 is 0. The lowest BCUT2D eigenvalue weighted by molar-refractivity contribution is 0.0946. The minimum Gasteiger partial charge on any atom is -0.493 e. The summed E-state index contributed by atoms with van der Waals surface area (Å²) in [5.74, 6) is 0.985. The number of amides is 1. The number of ether oxygens (including phenoxy) is 1. The van der Waals surface area contributed by atoms with Crippen LogP contribution in [0.4, 0.5) is 5.69 Å². The first-order valence-corrected chi connectivity index (χ1v) is 5.95. The van der Waals surface area contributed by atoms with Crippen molar-refractivity contribution in [1.82, 2.24) is 5.32 Å². The molecule has 1 aliphatic carbocycles. The number of carbonyl (C=O) groups is 1. The molecular formula is C13H18N2O2. The van der Waals surface area contributed by atoms with Gasteiger partial charge in [-0.15, -0.1) is 0 Å². The number of benzene rings is 1. The van der Waals surface area contributed by atoms with Gasteiger partial charge in [-0.1, -0.05) is 13.0 Å². The summed E-state index contributed by atoms with van der Waals surface area (Å²) < 4.78 is 5.43. The van der Waals surface area contributed by atoms with Gasteiger partial charge in [-0.3, -0.25) is 4.79 Å². The highest BCUT2D eigenvalue weighted by Gasteiger charge is 2.34. The van der Waals surface area contributed by atoms with Crippen molar-refractivity contribution in [3.8, 4) is 5.75 Å². The van der Waals surface area contributed by atoms with Gasteiger partial charge in [-0.05, 0) is 31.4 Å². The summed E-state index contributed by atoms with van der Waals surface area (Å²) in [6.07, 6.45) is 1.04. The maximum Gasteiger partial charge on any atom is 0.257 e. The van der Waals surface area contributed by atoms with Crippen LogP contribution >= 0.6 is 0 Å². The molecule has 2 rings (SSSR count). The van der Waals surface area contributed by atoms with Gasteiger partial charge in [-0.25, -0.2) is 0 Å². The molecule has 92 valence electrons. The van der Waals surface area contributed by atoms with Gasteiger partial charge in [-0.2, -0.15) is 0 Å². The molecule has 0 saturated heterocycles. The van der Waals surface area contributed by atoms with Crippen LogP contribution in [0, 0.1) is 5.92 Å². The zero-order valence-corrected chi connectivity index (χ0v) is 10.2. The van der Waals surface area contributed by atoms with Crippen LogP contribution in [-0.4, -0.2) is 18.6 Å². The molecule has 2 unspecified atom stereocenters. The Morgan fingerprint density at radius 2 is 2.29 bits per heavy atom. The van der Waals surface area contributed by atoms with Crippen LogP contribution in [0.25, 0.3) is 0 Å². The molecular weight excluding hydrogens is 216 g/mol. The van der Waals surface area contributed by atoms with Crippen molar-refractivity contribution < 1.29 is 9.53 Å². The first-order valence-electron chi connectivity index (χ1n) is 5.95. The highest BCUT2D eigenvalue weighted by Crippen LogP contribution is 2.31. The summed E-state index contributed by atoms with van der Waals surface area (Å²) in [6.45, 7) is 4.51. The van der Waals surface area contributed by atoms with Gasteiger partial charge >= 0.3 is 0 Å². The van der Waals surface area contributed by atoms with Gasteiger partial charge < -0.3 is 15.8 Å². The predicted molar refractivity (Wildman–Crippen MR) is 67.1 cm³/mol. The fourth-order valence-electron chi connectivity index (χ4n) is 1.83. The Bertz CT molecular complexity index is 431. The number of hydrogen-bond acceptors (Lipinski definition) is 3. The van der Waals surface area contributed by atoms with Crippen LogP contribution in [-0.2, 0) is 0 Å². The molecule has 0 aromatic heterocycles. The Labute approximate surface area is 101 Å². The van der Waals surface area contributed by atoms with Crippen LogP contribution in [0.1, 0.15) is 30.6 Å². The molecule has 1 aliphatic rings. The van der Waals surface area contributed by atoms with Crippen molar-refractivity contribution in [3.63, 3.8) is 0 Å². The molecule has 2 atom stereocenters. The first kappa shape index (κ1) is 11.8. The van der Waals surface area contributed by atoms with Crippen LogP contribution in [0.2, 0.25) is 0 Å². The highest BCUT2D eigenvalue weighted by atomic mass is 16.5. The third-order valence-electron chi connectivity index (χ3n) is 3.01. The maximum atomic E-state index is 12.1. The second-order valence-corrected chi connectivity index (χ2v) is 4.45. The fourth-order valence-corrected chi connectivity index (χ4v) is 1.83. The minimum atomic E-state index is -0.138. The van der Waals surface area contributed by atoms with E-state index in [9.17, 15) is 4.79 Å². The van der Waals surface area contributed by atoms with Gasteiger partial charge in [0.1, 0.15) is 11.3 Å². The Kier molecular flexibility index (Phi) is 3.22. The summed E-state index contributed by atoms with van der Waals surface area (Å²) in [4.78, 5) is 12.1. The summed E-state index contributed by atoms with van der Waals surface area (Å²) in [5, 5.41) is 2.96. The van der Waals surface area contributed by atoms with Crippen LogP contribution < -0.4 is 15.8 Å². The standard InChI is InChI=1S/C13H18N2O2/c1-3-17-11-6-4-5-9(14)12(11)13(16)15-10-7-8(10)2/h4-6,8,10H,3,7,14H2,1-2H3,(H,15,16). The van der Waals surface area contributed by atoms with Gasteiger partial charge in [0.25, 0.3) is 5.91 Å². The van der Waals surface area contributed by atoms with E-state index in [2.05, 4.69) is 12.2 Å². The van der Waals surface area contributed by atoms with E-state index in [0.717, 1.165) is 6.42 Å². The molecule has 1 fully saturated rings. The zero-order chi connectivity index (χ0) is 12.4. The van der Waals surface area contributed by atoms with Crippen LogP contribution in [0.3, 0.4) is 0 Å². The van der Waals surface area contributed by atoms with E-state index in [4.69, 9.17) is 10.5 Å². The van der Waals surface area contributed by atoms with E-state index in [0.29, 0.717) is 29.5 Å². The van der Waals surface area contributed by atoms with E-state index in [-0.39, 0.29) is 11.9 Å². The van der Waals surface area contributed by atoms with Gasteiger partial charge in [0.15, 0.2) is 0 Å². The lowest BCUT2D eigenvalue weighted by Gasteiger charge is -2.12. The number of carbonyl (C=O) groups excluding carboxylic acids is 1. The average molecular weight is 234 g/mol. The van der Waals surface area contributed by atoms with Gasteiger partial charge in [0.2, 0.25) is 0 Å².